The zero-order valence-electron chi connectivity index (χ0n) is 24.4. The van der Waals surface area contributed by atoms with Gasteiger partial charge in [0.2, 0.25) is 0 Å². The van der Waals surface area contributed by atoms with Gasteiger partial charge in [-0.3, -0.25) is 9.59 Å². The van der Waals surface area contributed by atoms with Crippen molar-refractivity contribution in [1.29, 1.82) is 10.5 Å². The van der Waals surface area contributed by atoms with Crippen molar-refractivity contribution in [2.24, 2.45) is 0 Å². The van der Waals surface area contributed by atoms with E-state index in [9.17, 15) is 20.1 Å². The van der Waals surface area contributed by atoms with Crippen LogP contribution in [-0.4, -0.2) is 61.1 Å². The molecule has 8 heteroatoms. The molecule has 222 valence electrons. The summed E-state index contributed by atoms with van der Waals surface area (Å²) in [6, 6.07) is 39.1. The average Bonchev–Trinajstić information content (AvgIpc) is 3.09. The van der Waals surface area contributed by atoms with Crippen LogP contribution in [0.3, 0.4) is 0 Å². The molecule has 0 aliphatic rings. The van der Waals surface area contributed by atoms with Crippen LogP contribution in [0.15, 0.2) is 121 Å². The molecule has 0 N–H and O–H groups in total. The highest BCUT2D eigenvalue weighted by atomic mass is 16.5. The number of carbonyl (C=O) groups is 2. The van der Waals surface area contributed by atoms with E-state index in [1.54, 1.807) is 48.5 Å². The molecule has 44 heavy (non-hydrogen) atoms. The van der Waals surface area contributed by atoms with Gasteiger partial charge in [-0.25, -0.2) is 0 Å². The molecule has 0 saturated heterocycles. The first-order valence-corrected chi connectivity index (χ1v) is 14.4. The summed E-state index contributed by atoms with van der Waals surface area (Å²) in [7, 11) is 0. The van der Waals surface area contributed by atoms with Crippen LogP contribution in [-0.2, 0) is 9.47 Å². The van der Waals surface area contributed by atoms with Crippen molar-refractivity contribution in [3.05, 3.63) is 144 Å². The van der Waals surface area contributed by atoms with Gasteiger partial charge in [0.25, 0.3) is 11.8 Å². The molecule has 0 aliphatic carbocycles. The van der Waals surface area contributed by atoms with Crippen LogP contribution < -0.4 is 0 Å². The topological polar surface area (TPSA) is 107 Å². The second-order valence-corrected chi connectivity index (χ2v) is 9.84. The summed E-state index contributed by atoms with van der Waals surface area (Å²) in [4.78, 5) is 29.8. The van der Waals surface area contributed by atoms with Crippen LogP contribution in [0.2, 0.25) is 0 Å². The average molecular weight is 587 g/mol. The van der Waals surface area contributed by atoms with Crippen molar-refractivity contribution in [2.45, 2.75) is 12.1 Å². The van der Waals surface area contributed by atoms with Gasteiger partial charge in [-0.1, -0.05) is 97.1 Å². The maximum absolute atomic E-state index is 13.4. The minimum atomic E-state index is -0.769. The van der Waals surface area contributed by atoms with Gasteiger partial charge in [-0.15, -0.1) is 0 Å². The van der Waals surface area contributed by atoms with Gasteiger partial charge >= 0.3 is 0 Å². The molecule has 2 atom stereocenters. The van der Waals surface area contributed by atoms with E-state index < -0.39 is 12.1 Å². The first-order valence-electron chi connectivity index (χ1n) is 14.4. The van der Waals surface area contributed by atoms with E-state index in [-0.39, 0.29) is 51.3 Å². The van der Waals surface area contributed by atoms with E-state index in [0.717, 1.165) is 11.1 Å². The molecular formula is C36H34N4O4. The molecule has 0 radical (unpaired) electrons. The number of ether oxygens (including phenoxy) is 2. The Morgan fingerprint density at radius 1 is 0.523 bits per heavy atom. The Morgan fingerprint density at radius 3 is 1.16 bits per heavy atom. The van der Waals surface area contributed by atoms with Gasteiger partial charge in [0.15, 0.2) is 0 Å². The summed E-state index contributed by atoms with van der Waals surface area (Å²) < 4.78 is 11.6. The molecular weight excluding hydrogens is 552 g/mol. The van der Waals surface area contributed by atoms with E-state index >= 15 is 0 Å². The third-order valence-electron chi connectivity index (χ3n) is 6.99. The minimum absolute atomic E-state index is 0.204. The van der Waals surface area contributed by atoms with Crippen molar-refractivity contribution in [1.82, 2.24) is 9.80 Å². The summed E-state index contributed by atoms with van der Waals surface area (Å²) in [6.45, 7) is 1.33. The highest BCUT2D eigenvalue weighted by Crippen LogP contribution is 2.23. The van der Waals surface area contributed by atoms with Crippen molar-refractivity contribution in [3.63, 3.8) is 0 Å². The van der Waals surface area contributed by atoms with Crippen LogP contribution in [0.4, 0.5) is 0 Å². The largest absolute Gasteiger partial charge is 0.377 e. The molecule has 0 heterocycles. The number of hydrogen-bond acceptors (Lipinski definition) is 6. The van der Waals surface area contributed by atoms with Crippen molar-refractivity contribution < 1.29 is 19.1 Å². The maximum atomic E-state index is 13.4. The second kappa shape index (κ2) is 17.0. The quantitative estimate of drug-likeness (QED) is 0.162. The number of hydrogen-bond donors (Lipinski definition) is 0. The Morgan fingerprint density at radius 2 is 0.841 bits per heavy atom. The summed E-state index contributed by atoms with van der Waals surface area (Å²) in [6.07, 6.45) is 0. The molecule has 4 aromatic carbocycles. The SMILES string of the molecule is N#C[C@H](c1ccccc1)N(CCOCCOCCN(C(=O)c1ccccc1)[C@@H](C#N)c1ccccc1)C(=O)c1ccccc1. The van der Waals surface area contributed by atoms with Gasteiger partial charge in [0.05, 0.1) is 38.6 Å². The number of rotatable bonds is 15. The lowest BCUT2D eigenvalue weighted by molar-refractivity contribution is 0.0249. The molecule has 4 rings (SSSR count). The minimum Gasteiger partial charge on any atom is -0.377 e. The van der Waals surface area contributed by atoms with Crippen LogP contribution >= 0.6 is 0 Å². The van der Waals surface area contributed by atoms with E-state index in [0.29, 0.717) is 11.1 Å². The molecule has 0 saturated carbocycles. The Kier molecular flexibility index (Phi) is 12.2. The number of nitriles is 2. The number of amides is 2. The number of benzene rings is 4. The van der Waals surface area contributed by atoms with E-state index in [4.69, 9.17) is 9.47 Å². The third kappa shape index (κ3) is 8.62. The molecule has 0 unspecified atom stereocenters. The molecule has 0 bridgehead atoms. The fraction of sp³-hybridized carbons (Fsp3) is 0.222. The molecule has 0 aromatic heterocycles. The van der Waals surface area contributed by atoms with E-state index in [2.05, 4.69) is 12.1 Å². The zero-order chi connectivity index (χ0) is 31.0. The third-order valence-corrected chi connectivity index (χ3v) is 6.99. The Hall–Kier alpha value is -5.28. The first kappa shape index (κ1) is 31.7. The fourth-order valence-corrected chi connectivity index (χ4v) is 4.76. The Bertz CT molecular complexity index is 1420. The molecule has 0 aliphatic heterocycles. The molecule has 2 amide bonds. The molecule has 0 fully saturated rings. The number of nitrogens with zero attached hydrogens (tertiary/aromatic N) is 4. The Labute approximate surface area is 258 Å². The highest BCUT2D eigenvalue weighted by Gasteiger charge is 2.27. The first-order chi connectivity index (χ1) is 21.6. The van der Waals surface area contributed by atoms with Crippen LogP contribution in [0.25, 0.3) is 0 Å². The maximum Gasteiger partial charge on any atom is 0.255 e. The lowest BCUT2D eigenvalue weighted by Gasteiger charge is -2.28. The number of carbonyl (C=O) groups excluding carboxylic acids is 2. The zero-order valence-corrected chi connectivity index (χ0v) is 24.4. The van der Waals surface area contributed by atoms with Crippen LogP contribution in [0.1, 0.15) is 43.9 Å². The summed E-state index contributed by atoms with van der Waals surface area (Å²) in [5, 5.41) is 20.0. The summed E-state index contributed by atoms with van der Waals surface area (Å²) in [5.41, 5.74) is 2.44. The van der Waals surface area contributed by atoms with Crippen molar-refractivity contribution in [2.75, 3.05) is 39.5 Å². The second-order valence-electron chi connectivity index (χ2n) is 9.84. The van der Waals surface area contributed by atoms with Gasteiger partial charge in [0, 0.05) is 24.2 Å². The molecule has 8 nitrogen and oxygen atoms in total. The van der Waals surface area contributed by atoms with E-state index in [1.807, 2.05) is 72.8 Å². The van der Waals surface area contributed by atoms with Crippen LogP contribution in [0.5, 0.6) is 0 Å². The van der Waals surface area contributed by atoms with Gasteiger partial charge in [-0.05, 0) is 35.4 Å². The van der Waals surface area contributed by atoms with Crippen molar-refractivity contribution in [3.8, 4) is 12.1 Å². The normalized spacial score (nSPS) is 11.9. The fourth-order valence-electron chi connectivity index (χ4n) is 4.76. The lowest BCUT2D eigenvalue weighted by atomic mass is 10.1. The predicted octanol–water partition coefficient (Wildman–Crippen LogP) is 5.83. The van der Waals surface area contributed by atoms with Gasteiger partial charge < -0.3 is 19.3 Å². The van der Waals surface area contributed by atoms with Crippen LogP contribution in [0, 0.1) is 22.7 Å². The smallest absolute Gasteiger partial charge is 0.255 e. The summed E-state index contributed by atoms with van der Waals surface area (Å²) in [5.74, 6) is -0.510. The van der Waals surface area contributed by atoms with Gasteiger partial charge in [-0.2, -0.15) is 10.5 Å². The Balaban J connectivity index is 1.31. The highest BCUT2D eigenvalue weighted by molar-refractivity contribution is 5.95. The van der Waals surface area contributed by atoms with E-state index in [1.165, 1.54) is 9.80 Å². The van der Waals surface area contributed by atoms with Gasteiger partial charge in [0.1, 0.15) is 12.1 Å². The lowest BCUT2D eigenvalue weighted by Crippen LogP contribution is -2.37. The van der Waals surface area contributed by atoms with Crippen molar-refractivity contribution >= 4 is 11.8 Å². The monoisotopic (exact) mass is 586 g/mol. The summed E-state index contributed by atoms with van der Waals surface area (Å²) >= 11 is 0. The molecule has 0 spiro atoms. The molecule has 4 aromatic rings. The standard InChI is InChI=1S/C36H34N4O4/c37-27-33(29-13-5-1-6-14-29)39(35(41)31-17-9-3-10-18-31)21-23-43-25-26-44-24-22-40(36(42)32-19-11-4-12-20-32)34(28-38)30-15-7-2-8-16-30/h1-20,33-34H,21-26H2/t33-,34+. The predicted molar refractivity (Wildman–Crippen MR) is 166 cm³/mol.